The second-order valence-electron chi connectivity index (χ2n) is 4.87. The van der Waals surface area contributed by atoms with Gasteiger partial charge in [-0.2, -0.15) is 0 Å². The van der Waals surface area contributed by atoms with Gasteiger partial charge in [0.25, 0.3) is 0 Å². The van der Waals surface area contributed by atoms with Gasteiger partial charge in [0, 0.05) is 0 Å². The summed E-state index contributed by atoms with van der Waals surface area (Å²) in [5.41, 5.74) is 5.67. The first-order valence-electron chi connectivity index (χ1n) is 5.69. The first kappa shape index (κ1) is 13.6. The summed E-state index contributed by atoms with van der Waals surface area (Å²) in [5, 5.41) is 0. The molecule has 0 spiro atoms. The van der Waals surface area contributed by atoms with E-state index in [2.05, 4.69) is 20.8 Å². The van der Waals surface area contributed by atoms with E-state index in [1.54, 1.807) is 6.92 Å². The van der Waals surface area contributed by atoms with Crippen LogP contribution in [0.4, 0.5) is 0 Å². The molecule has 2 N–H and O–H groups in total. The molecule has 0 unspecified atom stereocenters. The van der Waals surface area contributed by atoms with Crippen molar-refractivity contribution >= 4 is 5.78 Å². The van der Waals surface area contributed by atoms with Gasteiger partial charge in [0.15, 0.2) is 0 Å². The SMILES string of the molecule is CC(=O)[C@@H](N)CC[C@H](C)CCC(C)C. The fraction of sp³-hybridized carbons (Fsp3) is 0.917. The predicted molar refractivity (Wildman–Crippen MR) is 61.1 cm³/mol. The van der Waals surface area contributed by atoms with Crippen molar-refractivity contribution in [3.05, 3.63) is 0 Å². The molecule has 0 heterocycles. The molecule has 0 aliphatic carbocycles. The van der Waals surface area contributed by atoms with E-state index >= 15 is 0 Å². The zero-order valence-corrected chi connectivity index (χ0v) is 10.0. The Morgan fingerprint density at radius 3 is 2.00 bits per heavy atom. The monoisotopic (exact) mass is 199 g/mol. The van der Waals surface area contributed by atoms with Gasteiger partial charge in [0.2, 0.25) is 0 Å². The highest BCUT2D eigenvalue weighted by Crippen LogP contribution is 2.17. The first-order valence-corrected chi connectivity index (χ1v) is 5.69. The van der Waals surface area contributed by atoms with Crippen LogP contribution in [0.1, 0.15) is 53.4 Å². The average Bonchev–Trinajstić information content (AvgIpc) is 2.10. The summed E-state index contributed by atoms with van der Waals surface area (Å²) in [6.45, 7) is 8.31. The third-order valence-corrected chi connectivity index (χ3v) is 2.73. The van der Waals surface area contributed by atoms with Crippen LogP contribution >= 0.6 is 0 Å². The molecule has 0 aliphatic rings. The number of rotatable bonds is 7. The maximum atomic E-state index is 10.9. The van der Waals surface area contributed by atoms with Crippen LogP contribution in [-0.4, -0.2) is 11.8 Å². The summed E-state index contributed by atoms with van der Waals surface area (Å²) in [4.78, 5) is 10.9. The lowest BCUT2D eigenvalue weighted by atomic mass is 9.93. The molecular formula is C12H25NO. The van der Waals surface area contributed by atoms with Crippen molar-refractivity contribution in [3.63, 3.8) is 0 Å². The van der Waals surface area contributed by atoms with E-state index in [0.717, 1.165) is 18.8 Å². The minimum absolute atomic E-state index is 0.112. The van der Waals surface area contributed by atoms with Crippen molar-refractivity contribution in [2.75, 3.05) is 0 Å². The minimum atomic E-state index is -0.239. The molecule has 2 nitrogen and oxygen atoms in total. The Hall–Kier alpha value is -0.370. The van der Waals surface area contributed by atoms with Crippen LogP contribution in [-0.2, 0) is 4.79 Å². The maximum absolute atomic E-state index is 10.9. The van der Waals surface area contributed by atoms with Crippen LogP contribution < -0.4 is 5.73 Å². The van der Waals surface area contributed by atoms with E-state index in [1.807, 2.05) is 0 Å². The number of Topliss-reactive ketones (excluding diaryl/α,β-unsaturated/α-hetero) is 1. The largest absolute Gasteiger partial charge is 0.322 e. The van der Waals surface area contributed by atoms with Gasteiger partial charge >= 0.3 is 0 Å². The van der Waals surface area contributed by atoms with E-state index in [4.69, 9.17) is 5.73 Å². The molecule has 0 radical (unpaired) electrons. The molecule has 0 rings (SSSR count). The van der Waals surface area contributed by atoms with Crippen molar-refractivity contribution in [1.29, 1.82) is 0 Å². The molecule has 0 aromatic heterocycles. The highest BCUT2D eigenvalue weighted by molar-refractivity contribution is 5.80. The van der Waals surface area contributed by atoms with E-state index in [9.17, 15) is 4.79 Å². The zero-order chi connectivity index (χ0) is 11.1. The summed E-state index contributed by atoms with van der Waals surface area (Å²) in [6, 6.07) is -0.239. The molecular weight excluding hydrogens is 174 g/mol. The van der Waals surface area contributed by atoms with Gasteiger partial charge in [-0.05, 0) is 31.6 Å². The van der Waals surface area contributed by atoms with E-state index in [0.29, 0.717) is 5.92 Å². The predicted octanol–water partition coefficient (Wildman–Crippen LogP) is 2.76. The quantitative estimate of drug-likeness (QED) is 0.685. The summed E-state index contributed by atoms with van der Waals surface area (Å²) >= 11 is 0. The smallest absolute Gasteiger partial charge is 0.146 e. The summed E-state index contributed by atoms with van der Waals surface area (Å²) < 4.78 is 0. The fourth-order valence-corrected chi connectivity index (χ4v) is 1.43. The molecule has 0 amide bonds. The zero-order valence-electron chi connectivity index (χ0n) is 10.0. The van der Waals surface area contributed by atoms with Crippen molar-refractivity contribution in [2.45, 2.75) is 59.4 Å². The summed E-state index contributed by atoms with van der Waals surface area (Å²) in [5.74, 6) is 1.59. The molecule has 0 aromatic rings. The number of ketones is 1. The maximum Gasteiger partial charge on any atom is 0.146 e. The Morgan fingerprint density at radius 2 is 1.57 bits per heavy atom. The third-order valence-electron chi connectivity index (χ3n) is 2.73. The average molecular weight is 199 g/mol. The van der Waals surface area contributed by atoms with Gasteiger partial charge in [-0.3, -0.25) is 4.79 Å². The van der Waals surface area contributed by atoms with Gasteiger partial charge in [-0.1, -0.05) is 33.6 Å². The van der Waals surface area contributed by atoms with E-state index in [-0.39, 0.29) is 11.8 Å². The number of carbonyl (C=O) groups is 1. The normalized spacial score (nSPS) is 15.6. The molecule has 0 aliphatic heterocycles. The lowest BCUT2D eigenvalue weighted by Gasteiger charge is -2.14. The molecule has 0 bridgehead atoms. The number of nitrogens with two attached hydrogens (primary N) is 1. The Bertz CT molecular complexity index is 166. The van der Waals surface area contributed by atoms with Gasteiger partial charge in [-0.25, -0.2) is 0 Å². The van der Waals surface area contributed by atoms with E-state index in [1.165, 1.54) is 12.8 Å². The molecule has 2 atom stereocenters. The Labute approximate surface area is 88.3 Å². The molecule has 0 saturated carbocycles. The standard InChI is InChI=1S/C12H25NO/c1-9(2)5-6-10(3)7-8-12(13)11(4)14/h9-10,12H,5-8,13H2,1-4H3/t10-,12+/m1/s1. The number of hydrogen-bond donors (Lipinski definition) is 1. The van der Waals surface area contributed by atoms with Crippen LogP contribution in [0.3, 0.4) is 0 Å². The molecule has 2 heteroatoms. The third kappa shape index (κ3) is 7.07. The molecule has 0 fully saturated rings. The Morgan fingerprint density at radius 1 is 1.07 bits per heavy atom. The second kappa shape index (κ2) is 6.99. The van der Waals surface area contributed by atoms with Gasteiger partial charge in [0.05, 0.1) is 6.04 Å². The van der Waals surface area contributed by atoms with Gasteiger partial charge < -0.3 is 5.73 Å². The van der Waals surface area contributed by atoms with Crippen molar-refractivity contribution in [1.82, 2.24) is 0 Å². The van der Waals surface area contributed by atoms with Crippen LogP contribution in [0.2, 0.25) is 0 Å². The molecule has 14 heavy (non-hydrogen) atoms. The van der Waals surface area contributed by atoms with Crippen LogP contribution in [0.25, 0.3) is 0 Å². The van der Waals surface area contributed by atoms with E-state index < -0.39 is 0 Å². The Kier molecular flexibility index (Phi) is 6.81. The molecule has 84 valence electrons. The summed E-state index contributed by atoms with van der Waals surface area (Å²) in [7, 11) is 0. The van der Waals surface area contributed by atoms with Crippen molar-refractivity contribution in [3.8, 4) is 0 Å². The number of hydrogen-bond acceptors (Lipinski definition) is 2. The highest BCUT2D eigenvalue weighted by atomic mass is 16.1. The van der Waals surface area contributed by atoms with Crippen LogP contribution in [0, 0.1) is 11.8 Å². The molecule has 0 aromatic carbocycles. The van der Waals surface area contributed by atoms with Gasteiger partial charge in [0.1, 0.15) is 5.78 Å². The van der Waals surface area contributed by atoms with Crippen molar-refractivity contribution < 1.29 is 4.79 Å². The topological polar surface area (TPSA) is 43.1 Å². The van der Waals surface area contributed by atoms with Crippen LogP contribution in [0.15, 0.2) is 0 Å². The highest BCUT2D eigenvalue weighted by Gasteiger charge is 2.10. The molecule has 0 saturated heterocycles. The summed E-state index contributed by atoms with van der Waals surface area (Å²) in [6.07, 6.45) is 4.45. The number of carbonyl (C=O) groups excluding carboxylic acids is 1. The second-order valence-corrected chi connectivity index (χ2v) is 4.87. The first-order chi connectivity index (χ1) is 6.43. The minimum Gasteiger partial charge on any atom is -0.322 e. The lowest BCUT2D eigenvalue weighted by Crippen LogP contribution is -2.28. The lowest BCUT2D eigenvalue weighted by molar-refractivity contribution is -0.118. The van der Waals surface area contributed by atoms with Crippen LogP contribution in [0.5, 0.6) is 0 Å². The Balaban J connectivity index is 3.53. The van der Waals surface area contributed by atoms with Gasteiger partial charge in [-0.15, -0.1) is 0 Å². The van der Waals surface area contributed by atoms with Crippen molar-refractivity contribution in [2.24, 2.45) is 17.6 Å². The fourth-order valence-electron chi connectivity index (χ4n) is 1.43.